The lowest BCUT2D eigenvalue weighted by molar-refractivity contribution is 0.448. The van der Waals surface area contributed by atoms with E-state index in [1.807, 2.05) is 17.9 Å². The van der Waals surface area contributed by atoms with Gasteiger partial charge in [0.2, 0.25) is 0 Å². The van der Waals surface area contributed by atoms with E-state index >= 15 is 0 Å². The van der Waals surface area contributed by atoms with Crippen LogP contribution in [0.1, 0.15) is 12.8 Å². The summed E-state index contributed by atoms with van der Waals surface area (Å²) in [5.74, 6) is 1.90. The number of aryl methyl sites for hydroxylation is 1. The van der Waals surface area contributed by atoms with Gasteiger partial charge in [-0.15, -0.1) is 5.10 Å². The lowest BCUT2D eigenvalue weighted by Gasteiger charge is -2.32. The zero-order valence-corrected chi connectivity index (χ0v) is 9.94. The molecule has 0 aliphatic carbocycles. The van der Waals surface area contributed by atoms with Gasteiger partial charge in [0.15, 0.2) is 0 Å². The number of alkyl halides is 1. The molecule has 0 aromatic carbocycles. The van der Waals surface area contributed by atoms with E-state index in [0.717, 1.165) is 30.2 Å². The Balaban J connectivity index is 2.08. The van der Waals surface area contributed by atoms with Crippen LogP contribution in [0.5, 0.6) is 0 Å². The van der Waals surface area contributed by atoms with Crippen molar-refractivity contribution in [2.45, 2.75) is 12.8 Å². The Morgan fingerprint density at radius 3 is 3.14 bits per heavy atom. The minimum Gasteiger partial charge on any atom is -0.355 e. The number of aromatic nitrogens is 3. The third-order valence-electron chi connectivity index (χ3n) is 2.75. The highest BCUT2D eigenvalue weighted by Gasteiger charge is 2.20. The fourth-order valence-corrected chi connectivity index (χ4v) is 2.50. The Morgan fingerprint density at radius 1 is 1.64 bits per heavy atom. The molecule has 0 radical (unpaired) electrons. The van der Waals surface area contributed by atoms with E-state index in [9.17, 15) is 0 Å². The second-order valence-corrected chi connectivity index (χ2v) is 4.47. The molecule has 14 heavy (non-hydrogen) atoms. The van der Waals surface area contributed by atoms with Gasteiger partial charge in [-0.2, -0.15) is 0 Å². The Morgan fingerprint density at radius 2 is 2.50 bits per heavy atom. The summed E-state index contributed by atoms with van der Waals surface area (Å²) in [4.78, 5) is 2.37. The Hall–Kier alpha value is -0.580. The maximum Gasteiger partial charge on any atom is 0.147 e. The summed E-state index contributed by atoms with van der Waals surface area (Å²) >= 11 is 3.56. The quantitative estimate of drug-likeness (QED) is 0.753. The molecule has 2 heterocycles. The van der Waals surface area contributed by atoms with Gasteiger partial charge in [0.25, 0.3) is 0 Å². The number of rotatable bonds is 2. The Kier molecular flexibility index (Phi) is 3.05. The van der Waals surface area contributed by atoms with Crippen molar-refractivity contribution in [3.05, 3.63) is 6.20 Å². The van der Waals surface area contributed by atoms with Gasteiger partial charge in [-0.25, -0.2) is 4.68 Å². The van der Waals surface area contributed by atoms with E-state index in [4.69, 9.17) is 0 Å². The van der Waals surface area contributed by atoms with Gasteiger partial charge in [-0.1, -0.05) is 21.1 Å². The van der Waals surface area contributed by atoms with Gasteiger partial charge in [0.1, 0.15) is 5.82 Å². The largest absolute Gasteiger partial charge is 0.355 e. The number of halogens is 1. The number of piperidine rings is 1. The minimum atomic E-state index is 0.763. The van der Waals surface area contributed by atoms with Gasteiger partial charge >= 0.3 is 0 Å². The Bertz CT molecular complexity index is 299. The molecule has 5 heteroatoms. The van der Waals surface area contributed by atoms with Crippen molar-refractivity contribution < 1.29 is 0 Å². The predicted molar refractivity (Wildman–Crippen MR) is 59.7 cm³/mol. The minimum absolute atomic E-state index is 0.763. The van der Waals surface area contributed by atoms with Crippen LogP contribution in [0.25, 0.3) is 0 Å². The Labute approximate surface area is 92.4 Å². The van der Waals surface area contributed by atoms with E-state index in [0.29, 0.717) is 0 Å². The van der Waals surface area contributed by atoms with Crippen LogP contribution < -0.4 is 4.90 Å². The van der Waals surface area contributed by atoms with Crippen molar-refractivity contribution in [1.82, 2.24) is 15.0 Å². The lowest BCUT2D eigenvalue weighted by atomic mass is 10.0. The van der Waals surface area contributed by atoms with Crippen LogP contribution in [-0.4, -0.2) is 33.4 Å². The van der Waals surface area contributed by atoms with E-state index in [1.54, 1.807) is 0 Å². The zero-order valence-electron chi connectivity index (χ0n) is 8.36. The summed E-state index contributed by atoms with van der Waals surface area (Å²) in [5, 5.41) is 8.96. The predicted octanol–water partition coefficient (Wildman–Crippen LogP) is 1.43. The van der Waals surface area contributed by atoms with Crippen molar-refractivity contribution in [2.24, 2.45) is 13.0 Å². The number of nitrogens with zero attached hydrogens (tertiary/aromatic N) is 4. The van der Waals surface area contributed by atoms with E-state index in [1.165, 1.54) is 12.8 Å². The van der Waals surface area contributed by atoms with Crippen LogP contribution in [0.3, 0.4) is 0 Å². The molecule has 1 fully saturated rings. The summed E-state index contributed by atoms with van der Waals surface area (Å²) in [6, 6.07) is 0. The van der Waals surface area contributed by atoms with E-state index < -0.39 is 0 Å². The molecule has 1 aromatic rings. The van der Waals surface area contributed by atoms with Gasteiger partial charge < -0.3 is 4.90 Å². The molecule has 0 N–H and O–H groups in total. The van der Waals surface area contributed by atoms with Gasteiger partial charge in [-0.3, -0.25) is 0 Å². The topological polar surface area (TPSA) is 34.0 Å². The van der Waals surface area contributed by atoms with Crippen LogP contribution in [0.4, 0.5) is 5.82 Å². The molecule has 1 unspecified atom stereocenters. The molecule has 0 spiro atoms. The van der Waals surface area contributed by atoms with E-state index in [2.05, 4.69) is 31.1 Å². The summed E-state index contributed by atoms with van der Waals surface area (Å²) in [6.45, 7) is 2.25. The molecule has 0 bridgehead atoms. The molecule has 2 rings (SSSR count). The SMILES string of the molecule is Cn1nncc1N1CCCC(CBr)C1. The molecule has 1 atom stereocenters. The molecule has 1 saturated heterocycles. The van der Waals surface area contributed by atoms with Crippen molar-refractivity contribution in [3.8, 4) is 0 Å². The molecule has 0 amide bonds. The molecular weight excluding hydrogens is 244 g/mol. The monoisotopic (exact) mass is 258 g/mol. The number of anilines is 1. The average molecular weight is 259 g/mol. The molecule has 78 valence electrons. The molecular formula is C9H15BrN4. The van der Waals surface area contributed by atoms with Crippen molar-refractivity contribution in [2.75, 3.05) is 23.3 Å². The van der Waals surface area contributed by atoms with Crippen LogP contribution in [-0.2, 0) is 7.05 Å². The molecule has 1 aromatic heterocycles. The van der Waals surface area contributed by atoms with Gasteiger partial charge in [-0.05, 0) is 18.8 Å². The first-order valence-corrected chi connectivity index (χ1v) is 6.09. The first kappa shape index (κ1) is 9.96. The highest BCUT2D eigenvalue weighted by atomic mass is 79.9. The van der Waals surface area contributed by atoms with Crippen molar-refractivity contribution >= 4 is 21.7 Å². The fraction of sp³-hybridized carbons (Fsp3) is 0.778. The summed E-state index contributed by atoms with van der Waals surface area (Å²) in [6.07, 6.45) is 4.44. The van der Waals surface area contributed by atoms with Gasteiger partial charge in [0.05, 0.1) is 6.20 Å². The number of hydrogen-bond donors (Lipinski definition) is 0. The molecule has 1 aliphatic heterocycles. The molecule has 1 aliphatic rings. The fourth-order valence-electron chi connectivity index (χ4n) is 1.97. The van der Waals surface area contributed by atoms with Crippen LogP contribution in [0.15, 0.2) is 6.20 Å². The second kappa shape index (κ2) is 4.29. The summed E-state index contributed by atoms with van der Waals surface area (Å²) in [5.41, 5.74) is 0. The van der Waals surface area contributed by atoms with Crippen LogP contribution in [0, 0.1) is 5.92 Å². The summed E-state index contributed by atoms with van der Waals surface area (Å²) in [7, 11) is 1.94. The third kappa shape index (κ3) is 1.92. The maximum atomic E-state index is 3.96. The maximum absolute atomic E-state index is 3.96. The molecule has 0 saturated carbocycles. The normalized spacial score (nSPS) is 22.7. The van der Waals surface area contributed by atoms with E-state index in [-0.39, 0.29) is 0 Å². The standard InChI is InChI=1S/C9H15BrN4/c1-13-9(6-11-12-13)14-4-2-3-8(5-10)7-14/h6,8H,2-5,7H2,1H3. The highest BCUT2D eigenvalue weighted by molar-refractivity contribution is 9.09. The smallest absolute Gasteiger partial charge is 0.147 e. The van der Waals surface area contributed by atoms with Crippen LogP contribution in [0.2, 0.25) is 0 Å². The van der Waals surface area contributed by atoms with Gasteiger partial charge in [0, 0.05) is 25.5 Å². The lowest BCUT2D eigenvalue weighted by Crippen LogP contribution is -2.37. The zero-order chi connectivity index (χ0) is 9.97. The first-order chi connectivity index (χ1) is 6.81. The number of hydrogen-bond acceptors (Lipinski definition) is 3. The van der Waals surface area contributed by atoms with Crippen molar-refractivity contribution in [1.29, 1.82) is 0 Å². The molecule has 4 nitrogen and oxygen atoms in total. The first-order valence-electron chi connectivity index (χ1n) is 4.97. The third-order valence-corrected chi connectivity index (χ3v) is 3.67. The van der Waals surface area contributed by atoms with Crippen LogP contribution >= 0.6 is 15.9 Å². The van der Waals surface area contributed by atoms with Crippen molar-refractivity contribution in [3.63, 3.8) is 0 Å². The highest BCUT2D eigenvalue weighted by Crippen LogP contribution is 2.22. The summed E-state index contributed by atoms with van der Waals surface area (Å²) < 4.78 is 1.84. The average Bonchev–Trinajstić information content (AvgIpc) is 2.65. The second-order valence-electron chi connectivity index (χ2n) is 3.82.